The average molecular weight is 263 g/mol. The van der Waals surface area contributed by atoms with Crippen LogP contribution in [0.15, 0.2) is 18.3 Å². The Bertz CT molecular complexity index is 597. The fraction of sp³-hybridized carbons (Fsp3) is 0.286. The Morgan fingerprint density at radius 3 is 2.56 bits per heavy atom. The molecule has 0 fully saturated rings. The zero-order chi connectivity index (χ0) is 13.3. The number of methoxy groups -OCH3 is 1. The van der Waals surface area contributed by atoms with Crippen molar-refractivity contribution in [2.24, 2.45) is 0 Å². The van der Waals surface area contributed by atoms with Crippen LogP contribution in [-0.2, 0) is 0 Å². The van der Waals surface area contributed by atoms with Crippen LogP contribution in [0.4, 0.5) is 0 Å². The van der Waals surface area contributed by atoms with E-state index in [1.54, 1.807) is 13.3 Å². The summed E-state index contributed by atoms with van der Waals surface area (Å²) < 4.78 is 5.44. The van der Waals surface area contributed by atoms with Crippen molar-refractivity contribution in [1.29, 1.82) is 0 Å². The third-order valence-corrected chi connectivity index (χ3v) is 3.48. The summed E-state index contributed by atoms with van der Waals surface area (Å²) in [4.78, 5) is 8.54. The molecule has 94 valence electrons. The van der Waals surface area contributed by atoms with Gasteiger partial charge in [-0.2, -0.15) is 0 Å². The molecule has 0 saturated carbocycles. The third kappa shape index (κ3) is 2.18. The summed E-state index contributed by atoms with van der Waals surface area (Å²) in [7, 11) is 1.65. The summed E-state index contributed by atoms with van der Waals surface area (Å²) in [6.07, 6.45) is 1.74. The number of aryl methyl sites for hydroxylation is 2. The molecule has 0 aliphatic carbocycles. The molecule has 1 aromatic heterocycles. The second-order valence-electron chi connectivity index (χ2n) is 4.20. The molecule has 1 heterocycles. The van der Waals surface area contributed by atoms with Crippen LogP contribution < -0.4 is 4.74 Å². The zero-order valence-electron chi connectivity index (χ0n) is 10.9. The van der Waals surface area contributed by atoms with Gasteiger partial charge in [-0.25, -0.2) is 9.97 Å². The lowest BCUT2D eigenvalue weighted by Gasteiger charge is -2.14. The van der Waals surface area contributed by atoms with Crippen molar-refractivity contribution < 1.29 is 4.74 Å². The number of aromatic nitrogens is 2. The van der Waals surface area contributed by atoms with Crippen molar-refractivity contribution in [3.05, 3.63) is 40.3 Å². The normalized spacial score (nSPS) is 10.5. The van der Waals surface area contributed by atoms with E-state index in [1.807, 2.05) is 32.9 Å². The van der Waals surface area contributed by atoms with Gasteiger partial charge in [-0.15, -0.1) is 0 Å². The Kier molecular flexibility index (Phi) is 3.53. The quantitative estimate of drug-likeness (QED) is 0.827. The van der Waals surface area contributed by atoms with E-state index < -0.39 is 0 Å². The first kappa shape index (κ1) is 12.8. The number of nitrogens with zero attached hydrogens (tertiary/aromatic N) is 2. The minimum atomic E-state index is 0.727. The summed E-state index contributed by atoms with van der Waals surface area (Å²) in [5.41, 5.74) is 3.74. The van der Waals surface area contributed by atoms with E-state index in [4.69, 9.17) is 16.3 Å². The predicted molar refractivity (Wildman–Crippen MR) is 73.2 cm³/mol. The molecule has 0 bridgehead atoms. The first-order valence-corrected chi connectivity index (χ1v) is 6.06. The molecule has 3 nitrogen and oxygen atoms in total. The second-order valence-corrected chi connectivity index (χ2v) is 4.58. The maximum Gasteiger partial charge on any atom is 0.128 e. The molecule has 0 aliphatic rings. The molecular weight excluding hydrogens is 248 g/mol. The fourth-order valence-electron chi connectivity index (χ4n) is 2.00. The first-order chi connectivity index (χ1) is 8.54. The van der Waals surface area contributed by atoms with Gasteiger partial charge in [0.25, 0.3) is 0 Å². The van der Waals surface area contributed by atoms with Crippen molar-refractivity contribution in [1.82, 2.24) is 9.97 Å². The van der Waals surface area contributed by atoms with Crippen LogP contribution in [0.5, 0.6) is 5.75 Å². The lowest BCUT2D eigenvalue weighted by molar-refractivity contribution is 0.415. The van der Waals surface area contributed by atoms with E-state index in [0.717, 1.165) is 39.0 Å². The summed E-state index contributed by atoms with van der Waals surface area (Å²) in [5, 5.41) is 0.752. The Balaban J connectivity index is 2.73. The van der Waals surface area contributed by atoms with E-state index >= 15 is 0 Å². The highest BCUT2D eigenvalue weighted by Gasteiger charge is 2.15. The van der Waals surface area contributed by atoms with Gasteiger partial charge in [-0.3, -0.25) is 0 Å². The van der Waals surface area contributed by atoms with Crippen molar-refractivity contribution in [3.8, 4) is 17.0 Å². The van der Waals surface area contributed by atoms with Gasteiger partial charge in [0.2, 0.25) is 0 Å². The fourth-order valence-corrected chi connectivity index (χ4v) is 2.15. The van der Waals surface area contributed by atoms with Crippen molar-refractivity contribution in [2.75, 3.05) is 7.11 Å². The van der Waals surface area contributed by atoms with Crippen LogP contribution in [0.1, 0.15) is 17.0 Å². The standard InChI is InChI=1S/C14H15ClN2O/c1-8-7-12(18-4)13(9(2)14(8)15)11-5-6-16-10(3)17-11/h5-7H,1-4H3. The number of rotatable bonds is 2. The van der Waals surface area contributed by atoms with Gasteiger partial charge in [0.05, 0.1) is 12.8 Å². The highest BCUT2D eigenvalue weighted by atomic mass is 35.5. The second kappa shape index (κ2) is 4.94. The highest BCUT2D eigenvalue weighted by molar-refractivity contribution is 6.32. The molecule has 0 radical (unpaired) electrons. The van der Waals surface area contributed by atoms with E-state index in [2.05, 4.69) is 9.97 Å². The molecule has 0 spiro atoms. The van der Waals surface area contributed by atoms with E-state index in [0.29, 0.717) is 0 Å². The molecule has 0 N–H and O–H groups in total. The van der Waals surface area contributed by atoms with Crippen molar-refractivity contribution >= 4 is 11.6 Å². The van der Waals surface area contributed by atoms with Gasteiger partial charge in [-0.1, -0.05) is 11.6 Å². The van der Waals surface area contributed by atoms with E-state index in [-0.39, 0.29) is 0 Å². The van der Waals surface area contributed by atoms with Gasteiger partial charge < -0.3 is 4.74 Å². The smallest absolute Gasteiger partial charge is 0.128 e. The van der Waals surface area contributed by atoms with E-state index in [9.17, 15) is 0 Å². The lowest BCUT2D eigenvalue weighted by Crippen LogP contribution is -1.97. The predicted octanol–water partition coefficient (Wildman–Crippen LogP) is 3.73. The molecular formula is C14H15ClN2O. The number of hydrogen-bond acceptors (Lipinski definition) is 3. The maximum atomic E-state index is 6.30. The maximum absolute atomic E-state index is 6.30. The van der Waals surface area contributed by atoms with Crippen LogP contribution in [0.2, 0.25) is 5.02 Å². The molecule has 18 heavy (non-hydrogen) atoms. The largest absolute Gasteiger partial charge is 0.496 e. The van der Waals surface area contributed by atoms with E-state index in [1.165, 1.54) is 0 Å². The summed E-state index contributed by atoms with van der Waals surface area (Å²) in [6, 6.07) is 3.80. The van der Waals surface area contributed by atoms with Crippen LogP contribution in [0.25, 0.3) is 11.3 Å². The average Bonchev–Trinajstić information content (AvgIpc) is 2.35. The number of hydrogen-bond donors (Lipinski definition) is 0. The number of ether oxygens (including phenoxy) is 1. The SMILES string of the molecule is COc1cc(C)c(Cl)c(C)c1-c1ccnc(C)n1. The summed E-state index contributed by atoms with van der Waals surface area (Å²) in [6.45, 7) is 5.80. The molecule has 2 aromatic rings. The summed E-state index contributed by atoms with van der Waals surface area (Å²) in [5.74, 6) is 1.51. The molecule has 0 aliphatic heterocycles. The van der Waals surface area contributed by atoms with Crippen LogP contribution >= 0.6 is 11.6 Å². The molecule has 0 saturated heterocycles. The molecule has 0 unspecified atom stereocenters. The summed E-state index contributed by atoms with van der Waals surface area (Å²) >= 11 is 6.30. The topological polar surface area (TPSA) is 35.0 Å². The van der Waals surface area contributed by atoms with Crippen molar-refractivity contribution in [2.45, 2.75) is 20.8 Å². The van der Waals surface area contributed by atoms with Crippen LogP contribution in [-0.4, -0.2) is 17.1 Å². The van der Waals surface area contributed by atoms with Gasteiger partial charge in [0.1, 0.15) is 11.6 Å². The van der Waals surface area contributed by atoms with Crippen molar-refractivity contribution in [3.63, 3.8) is 0 Å². The van der Waals surface area contributed by atoms with Gasteiger partial charge >= 0.3 is 0 Å². The molecule has 1 aromatic carbocycles. The van der Waals surface area contributed by atoms with Gasteiger partial charge in [0, 0.05) is 16.8 Å². The molecule has 4 heteroatoms. The molecule has 0 amide bonds. The molecule has 0 atom stereocenters. The molecule has 2 rings (SSSR count). The third-order valence-electron chi connectivity index (χ3n) is 2.90. The number of halogens is 1. The first-order valence-electron chi connectivity index (χ1n) is 5.68. The van der Waals surface area contributed by atoms with Gasteiger partial charge in [-0.05, 0) is 44.0 Å². The monoisotopic (exact) mass is 262 g/mol. The highest BCUT2D eigenvalue weighted by Crippen LogP contribution is 2.37. The van der Waals surface area contributed by atoms with Crippen LogP contribution in [0, 0.1) is 20.8 Å². The minimum absolute atomic E-state index is 0.727. The number of benzene rings is 1. The Morgan fingerprint density at radius 1 is 1.22 bits per heavy atom. The minimum Gasteiger partial charge on any atom is -0.496 e. The Morgan fingerprint density at radius 2 is 1.94 bits per heavy atom. The van der Waals surface area contributed by atoms with Crippen LogP contribution in [0.3, 0.4) is 0 Å². The lowest BCUT2D eigenvalue weighted by atomic mass is 10.0. The Labute approximate surface area is 112 Å². The Hall–Kier alpha value is -1.61. The zero-order valence-corrected chi connectivity index (χ0v) is 11.7. The van der Waals surface area contributed by atoms with Gasteiger partial charge in [0.15, 0.2) is 0 Å².